The molecule has 486 valence electrons. The predicted molar refractivity (Wildman–Crippen MR) is 289 cm³/mol. The van der Waals surface area contributed by atoms with Crippen LogP contribution in [-0.4, -0.2) is 234 Å². The molecular formula is C41H52N20O25P4. The van der Waals surface area contributed by atoms with Crippen molar-refractivity contribution >= 4 is 99.0 Å². The molecule has 12 rings (SSSR count). The third-order valence-electron chi connectivity index (χ3n) is 14.5. The average Bonchev–Trinajstić information content (AvgIpc) is 1.65. The molecule has 0 amide bonds. The molecule has 0 saturated carbocycles. The number of rotatable bonds is 23. The first-order valence-electron chi connectivity index (χ1n) is 26.0. The van der Waals surface area contributed by atoms with Gasteiger partial charge in [0.25, 0.3) is 0 Å². The number of phosphoric ester groups is 3. The van der Waals surface area contributed by atoms with Gasteiger partial charge in [-0.05, 0) is 0 Å². The summed E-state index contributed by atoms with van der Waals surface area (Å²) in [7, 11) is -21.2. The lowest BCUT2D eigenvalue weighted by Gasteiger charge is -2.25. The van der Waals surface area contributed by atoms with Crippen LogP contribution in [0.5, 0.6) is 0 Å². The van der Waals surface area contributed by atoms with Crippen molar-refractivity contribution in [2.24, 2.45) is 0 Å². The molecule has 0 bridgehead atoms. The lowest BCUT2D eigenvalue weighted by atomic mass is 10.1. The van der Waals surface area contributed by atoms with Crippen LogP contribution in [-0.2, 0) is 69.1 Å². The summed E-state index contributed by atoms with van der Waals surface area (Å²) < 4.78 is 119. The van der Waals surface area contributed by atoms with Crippen molar-refractivity contribution in [3.05, 3.63) is 50.6 Å². The van der Waals surface area contributed by atoms with Crippen LogP contribution in [0.1, 0.15) is 24.9 Å². The summed E-state index contributed by atoms with van der Waals surface area (Å²) >= 11 is 0. The van der Waals surface area contributed by atoms with Gasteiger partial charge in [0.2, 0.25) is 0 Å². The highest BCUT2D eigenvalue weighted by atomic mass is 31.2. The summed E-state index contributed by atoms with van der Waals surface area (Å²) in [4.78, 5) is 101. The molecule has 4 fully saturated rings. The highest BCUT2D eigenvalue weighted by Gasteiger charge is 2.55. The maximum atomic E-state index is 14.1. The van der Waals surface area contributed by atoms with E-state index >= 15 is 0 Å². The smallest absolute Gasteiger partial charge is 0.387 e. The van der Waals surface area contributed by atoms with Crippen LogP contribution in [0.3, 0.4) is 0 Å². The van der Waals surface area contributed by atoms with Gasteiger partial charge in [-0.1, -0.05) is 0 Å². The predicted octanol–water partition coefficient (Wildman–Crippen LogP) is -4.27. The van der Waals surface area contributed by atoms with Crippen molar-refractivity contribution in [2.45, 2.75) is 98.2 Å². The molecule has 0 radical (unpaired) electrons. The van der Waals surface area contributed by atoms with Gasteiger partial charge in [0.15, 0.2) is 70.8 Å². The molecule has 19 atom stereocenters. The van der Waals surface area contributed by atoms with Crippen LogP contribution in [0.4, 0.5) is 23.3 Å². The number of fused-ring (bicyclic) bond motifs is 4. The Kier molecular flexibility index (Phi) is 17.3. The average molecular weight is 1350 g/mol. The molecule has 12 heterocycles. The summed E-state index contributed by atoms with van der Waals surface area (Å²) in [5.74, 6) is -0.316. The zero-order chi connectivity index (χ0) is 63.9. The Bertz CT molecular complexity index is 4170. The fourth-order valence-corrected chi connectivity index (χ4v) is 13.3. The number of nitrogens with two attached hydrogens (primary N) is 4. The van der Waals surface area contributed by atoms with Crippen molar-refractivity contribution in [3.63, 3.8) is 0 Å². The summed E-state index contributed by atoms with van der Waals surface area (Å²) in [6, 6.07) is 0. The normalized spacial score (nSPS) is 31.1. The van der Waals surface area contributed by atoms with Gasteiger partial charge in [0.1, 0.15) is 127 Å². The van der Waals surface area contributed by atoms with E-state index in [2.05, 4.69) is 64.3 Å². The fourth-order valence-electron chi connectivity index (χ4n) is 10.3. The first kappa shape index (κ1) is 63.6. The minimum atomic E-state index is -5.58. The highest BCUT2D eigenvalue weighted by Crippen LogP contribution is 2.54. The van der Waals surface area contributed by atoms with E-state index in [0.717, 1.165) is 53.4 Å². The van der Waals surface area contributed by atoms with E-state index in [4.69, 9.17) is 69.2 Å². The van der Waals surface area contributed by atoms with E-state index in [0.29, 0.717) is 0 Å². The number of aliphatic hydroxyl groups is 5. The van der Waals surface area contributed by atoms with E-state index in [9.17, 15) is 68.3 Å². The Morgan fingerprint density at radius 3 is 1.09 bits per heavy atom. The Hall–Kier alpha value is -6.52. The fraction of sp³-hybridized carbons (Fsp3) is 0.512. The lowest BCUT2D eigenvalue weighted by Crippen LogP contribution is -2.37. The van der Waals surface area contributed by atoms with Crippen LogP contribution in [0, 0.1) is 0 Å². The largest absolute Gasteiger partial charge is 0.472 e. The number of hydrogen-bond acceptors (Lipinski definition) is 36. The molecule has 0 spiro atoms. The second kappa shape index (κ2) is 24.5. The standard InChI is InChI=1S/C41H52N20O25P4/c42-30-18-34(50-5-46-30)58(9-54-18)38-26(66)22(62)14(81-38)1-77-87(67,68)13-76-27-23(63)16(82-39(27)59-10-55-19-31(43)47-6-51-35(19)59)3-79-89(72,73)86-29-25(65)17(84-41(29)61-12-57-21-33(45)49-8-53-37(21)61)4-80-90(74,75)85-28-24(64)15(2-78-88(69,70)71)83-40(28)60-11-56-20-32(44)48-7-52-36(20)60/h5-12,14-17,22-29,38-41,62-66H,1-4,13H2,(H,67,68)(H,72,73)(H,74,75)(H2,42,46,50)(H2,43,47,51)(H2,44,48,52)(H2,45,49,53)(H2,69,70,71)/t14-,15-,16-,17-,22-,23-,24-,25-,26-,27+,28-,29-,38-,39-,40-,41-/m1/s1. The SMILES string of the molecule is Nc1ncnc2c1ncn2[C@@H]1O[C@H](COP(=O)(O)CO[C@H]2[C@H](O)[C@@H](COP(=O)(O)O[C@@H]3[C@H](O)[C@@H](COP(=O)(O)O[C@@H]4[C@H](O)[C@@H](COP(=O)(O)O)O[C@H]4n4cnc5c(N)ncnc54)O[C@H]3n3cnc4c(N)ncnc43)O[C@H]2n2cnc3c(N)ncnc32)[C@@H](O)[C@H]1O. The van der Waals surface area contributed by atoms with Crippen LogP contribution in [0.25, 0.3) is 44.7 Å². The molecule has 45 nitrogen and oxygen atoms in total. The first-order chi connectivity index (χ1) is 42.7. The molecule has 8 aromatic rings. The summed E-state index contributed by atoms with van der Waals surface area (Å²) in [6.45, 7) is -3.95. The number of aromatic nitrogens is 16. The van der Waals surface area contributed by atoms with E-state index in [1.807, 2.05) is 0 Å². The Balaban J connectivity index is 0.738. The second-order valence-corrected chi connectivity index (χ2v) is 26.0. The number of hydrogen-bond donors (Lipinski definition) is 14. The van der Waals surface area contributed by atoms with Crippen molar-refractivity contribution in [1.82, 2.24) is 78.1 Å². The van der Waals surface area contributed by atoms with Crippen LogP contribution >= 0.6 is 31.1 Å². The van der Waals surface area contributed by atoms with Gasteiger partial charge < -0.3 is 101 Å². The molecule has 4 aliphatic heterocycles. The minimum absolute atomic E-state index is 0.00318. The molecule has 4 saturated heterocycles. The number of nitrogens with zero attached hydrogens (tertiary/aromatic N) is 16. The third-order valence-corrected chi connectivity index (χ3v) is 18.0. The van der Waals surface area contributed by atoms with Gasteiger partial charge in [-0.3, -0.25) is 45.5 Å². The number of ether oxygens (including phenoxy) is 5. The summed E-state index contributed by atoms with van der Waals surface area (Å²) in [5.41, 5.74) is 24.0. The first-order valence-corrected chi connectivity index (χ1v) is 32.3. The Morgan fingerprint density at radius 2 is 0.711 bits per heavy atom. The topological polar surface area (TPSA) is 651 Å². The van der Waals surface area contributed by atoms with Crippen molar-refractivity contribution < 1.29 is 119 Å². The minimum Gasteiger partial charge on any atom is -0.387 e. The van der Waals surface area contributed by atoms with Crippen molar-refractivity contribution in [1.29, 1.82) is 0 Å². The van der Waals surface area contributed by atoms with E-state index in [-0.39, 0.29) is 67.9 Å². The lowest BCUT2D eigenvalue weighted by molar-refractivity contribution is -0.0692. The molecule has 18 N–H and O–H groups in total. The molecule has 49 heteroatoms. The molecule has 4 aliphatic rings. The molecule has 90 heavy (non-hydrogen) atoms. The highest BCUT2D eigenvalue weighted by molar-refractivity contribution is 7.52. The monoisotopic (exact) mass is 1350 g/mol. The van der Waals surface area contributed by atoms with Gasteiger partial charge in [-0.2, -0.15) is 0 Å². The maximum absolute atomic E-state index is 14.1. The van der Waals surface area contributed by atoms with Crippen LogP contribution < -0.4 is 22.9 Å². The number of phosphoric acid groups is 3. The van der Waals surface area contributed by atoms with E-state index in [1.54, 1.807) is 0 Å². The van der Waals surface area contributed by atoms with Gasteiger partial charge in [-0.15, -0.1) is 0 Å². The van der Waals surface area contributed by atoms with Gasteiger partial charge in [-0.25, -0.2) is 73.5 Å². The molecule has 0 aromatic carbocycles. The van der Waals surface area contributed by atoms with Gasteiger partial charge in [0.05, 0.1) is 51.7 Å². The summed E-state index contributed by atoms with van der Waals surface area (Å²) in [5, 5.41) is 56.7. The third kappa shape index (κ3) is 12.5. The van der Waals surface area contributed by atoms with Gasteiger partial charge >= 0.3 is 31.1 Å². The van der Waals surface area contributed by atoms with E-state index in [1.165, 1.54) is 15.5 Å². The van der Waals surface area contributed by atoms with Crippen molar-refractivity contribution in [2.75, 3.05) is 55.7 Å². The quantitative estimate of drug-likeness (QED) is 0.0270. The number of imidazole rings is 4. The van der Waals surface area contributed by atoms with Crippen molar-refractivity contribution in [3.8, 4) is 0 Å². The summed E-state index contributed by atoms with van der Waals surface area (Å²) in [6.07, 6.45) is -20.3. The molecule has 3 unspecified atom stereocenters. The zero-order valence-electron chi connectivity index (χ0n) is 45.2. The number of aliphatic hydroxyl groups excluding tert-OH is 5. The Morgan fingerprint density at radius 1 is 0.400 bits per heavy atom. The van der Waals surface area contributed by atoms with E-state index < -0.39 is 162 Å². The number of nitrogen functional groups attached to an aromatic ring is 4. The number of anilines is 4. The Labute approximate surface area is 499 Å². The second-order valence-electron chi connectivity index (χ2n) is 20.2. The molecule has 8 aromatic heterocycles. The maximum Gasteiger partial charge on any atom is 0.472 e. The molecule has 0 aliphatic carbocycles. The van der Waals surface area contributed by atoms with Gasteiger partial charge in [0, 0.05) is 0 Å². The zero-order valence-corrected chi connectivity index (χ0v) is 48.8. The van der Waals surface area contributed by atoms with Crippen LogP contribution in [0.15, 0.2) is 50.6 Å². The molecular weight excluding hydrogens is 1300 g/mol. The van der Waals surface area contributed by atoms with Crippen LogP contribution in [0.2, 0.25) is 0 Å².